The van der Waals surface area contributed by atoms with E-state index >= 15 is 0 Å². The molecule has 2 heterocycles. The highest BCUT2D eigenvalue weighted by Crippen LogP contribution is 2.53. The topological polar surface area (TPSA) is 26.3 Å². The van der Waals surface area contributed by atoms with Gasteiger partial charge in [0.15, 0.2) is 0 Å². The summed E-state index contributed by atoms with van der Waals surface area (Å²) < 4.78 is 12.9. The first-order chi connectivity index (χ1) is 27.7. The first kappa shape index (κ1) is 35.5. The average Bonchev–Trinajstić information content (AvgIpc) is 4.01. The summed E-state index contributed by atoms with van der Waals surface area (Å²) in [5.74, 6) is 4.35. The fourth-order valence-electron chi connectivity index (χ4n) is 9.72. The van der Waals surface area contributed by atoms with Gasteiger partial charge >= 0.3 is 0 Å². The Balaban J connectivity index is 1.06. The molecule has 2 unspecified atom stereocenters. The van der Waals surface area contributed by atoms with E-state index in [1.807, 2.05) is 0 Å². The minimum absolute atomic E-state index is 0.238. The maximum absolute atomic E-state index is 6.43. The fourth-order valence-corrected chi connectivity index (χ4v) is 11.3. The van der Waals surface area contributed by atoms with Gasteiger partial charge in [-0.05, 0) is 178 Å². The molecule has 0 saturated carbocycles. The molecule has 0 amide bonds. The molecule has 278 valence electrons. The van der Waals surface area contributed by atoms with E-state index in [4.69, 9.17) is 8.83 Å². The molecular formula is C54H46O2Si. The van der Waals surface area contributed by atoms with Crippen LogP contribution in [0.25, 0.3) is 67.1 Å². The summed E-state index contributed by atoms with van der Waals surface area (Å²) in [6.07, 6.45) is 4.91. The number of hydrogen-bond acceptors (Lipinski definition) is 2. The molecule has 2 aliphatic rings. The summed E-state index contributed by atoms with van der Waals surface area (Å²) >= 11 is 0. The molecule has 8 aromatic rings. The number of benzene rings is 6. The van der Waals surface area contributed by atoms with Crippen LogP contribution >= 0.6 is 0 Å². The van der Waals surface area contributed by atoms with Crippen molar-refractivity contribution in [3.8, 4) is 22.3 Å². The average molecular weight is 755 g/mol. The predicted octanol–water partition coefficient (Wildman–Crippen LogP) is 14.9. The van der Waals surface area contributed by atoms with Gasteiger partial charge in [0.2, 0.25) is 0 Å². The Hall–Kier alpha value is -5.90. The standard InChI is InChI=1S/C54H46O2Si/c1-31-25-43-47(53(35(31)5)41-19-11-15-37-13-7-9-17-39(37)41)27-45(51-23-21-33(3)55-51)49(43)29-57-30-50-44-26-32(2)36(6)54(42-20-12-16-38-14-8-10-18-40(38)42)48(44)28-46(50)52-24-22-34(4)56-52/h7-28,49-50H,29-30H2,1-6H3. The van der Waals surface area contributed by atoms with Crippen molar-refractivity contribution in [2.24, 2.45) is 0 Å². The monoisotopic (exact) mass is 754 g/mol. The Kier molecular flexibility index (Phi) is 8.68. The van der Waals surface area contributed by atoms with Crippen LogP contribution in [0.4, 0.5) is 0 Å². The SMILES string of the molecule is Cc1ccc(C2=Cc3c(cc(C)c(C)c3-c3cccc4ccccc34)C2C[Si]CC2C(c3ccc(C)o3)=Cc3c2cc(C)c(C)c3-c2cccc3ccccc23)o1. The molecule has 0 aliphatic heterocycles. The lowest BCUT2D eigenvalue weighted by Gasteiger charge is -2.22. The van der Waals surface area contributed by atoms with Crippen molar-refractivity contribution < 1.29 is 8.83 Å². The highest BCUT2D eigenvalue weighted by atomic mass is 28.2. The van der Waals surface area contributed by atoms with Gasteiger partial charge in [-0.2, -0.15) is 0 Å². The van der Waals surface area contributed by atoms with Crippen LogP contribution in [0, 0.1) is 41.5 Å². The molecule has 0 spiro atoms. The van der Waals surface area contributed by atoms with Crippen molar-refractivity contribution in [3.05, 3.63) is 189 Å². The van der Waals surface area contributed by atoms with E-state index in [0.717, 1.165) is 44.6 Å². The Morgan fingerprint density at radius 2 is 0.895 bits per heavy atom. The summed E-state index contributed by atoms with van der Waals surface area (Å²) in [4.78, 5) is 0. The Labute approximate surface area is 338 Å². The van der Waals surface area contributed by atoms with Crippen molar-refractivity contribution in [1.29, 1.82) is 0 Å². The molecule has 2 aromatic heterocycles. The van der Waals surface area contributed by atoms with Gasteiger partial charge in [0.05, 0.1) is 0 Å². The zero-order valence-electron chi connectivity index (χ0n) is 33.6. The van der Waals surface area contributed by atoms with Crippen LogP contribution in [0.15, 0.2) is 130 Å². The second kappa shape index (κ2) is 13.9. The third-order valence-corrected chi connectivity index (χ3v) is 14.2. The van der Waals surface area contributed by atoms with Crippen molar-refractivity contribution >= 4 is 54.4 Å². The van der Waals surface area contributed by atoms with Crippen molar-refractivity contribution in [3.63, 3.8) is 0 Å². The number of hydrogen-bond donors (Lipinski definition) is 0. The van der Waals surface area contributed by atoms with Gasteiger partial charge in [-0.25, -0.2) is 0 Å². The minimum atomic E-state index is 0.238. The maximum Gasteiger partial charge on any atom is 0.130 e. The van der Waals surface area contributed by atoms with Crippen LogP contribution in [0.3, 0.4) is 0 Å². The van der Waals surface area contributed by atoms with Crippen LogP contribution < -0.4 is 0 Å². The minimum Gasteiger partial charge on any atom is -0.462 e. The van der Waals surface area contributed by atoms with E-state index in [1.54, 1.807) is 0 Å². The first-order valence-corrected chi connectivity index (χ1v) is 21.7. The van der Waals surface area contributed by atoms with Crippen molar-refractivity contribution in [2.75, 3.05) is 0 Å². The molecule has 10 rings (SSSR count). The smallest absolute Gasteiger partial charge is 0.130 e. The highest BCUT2D eigenvalue weighted by molar-refractivity contribution is 6.37. The second-order valence-electron chi connectivity index (χ2n) is 16.2. The van der Waals surface area contributed by atoms with Crippen LogP contribution in [0.2, 0.25) is 12.1 Å². The normalized spacial score (nSPS) is 16.0. The van der Waals surface area contributed by atoms with Gasteiger partial charge in [0.25, 0.3) is 0 Å². The molecular weight excluding hydrogens is 709 g/mol. The molecule has 6 aromatic carbocycles. The lowest BCUT2D eigenvalue weighted by atomic mass is 9.85. The molecule has 0 bridgehead atoms. The Morgan fingerprint density at radius 3 is 1.32 bits per heavy atom. The molecule has 2 aliphatic carbocycles. The summed E-state index contributed by atoms with van der Waals surface area (Å²) in [5.41, 5.74) is 18.8. The van der Waals surface area contributed by atoms with Crippen LogP contribution in [0.5, 0.6) is 0 Å². The zero-order valence-corrected chi connectivity index (χ0v) is 34.6. The van der Waals surface area contributed by atoms with E-state index in [0.29, 0.717) is 0 Å². The van der Waals surface area contributed by atoms with E-state index in [9.17, 15) is 0 Å². The van der Waals surface area contributed by atoms with Gasteiger partial charge in [-0.3, -0.25) is 0 Å². The molecule has 0 fully saturated rings. The van der Waals surface area contributed by atoms with Crippen LogP contribution in [-0.2, 0) is 0 Å². The molecule has 0 saturated heterocycles. The number of rotatable bonds is 8. The summed E-state index contributed by atoms with van der Waals surface area (Å²) in [7, 11) is 0.718. The maximum atomic E-state index is 6.43. The number of aryl methyl sites for hydroxylation is 4. The summed E-state index contributed by atoms with van der Waals surface area (Å²) in [5, 5.41) is 5.14. The van der Waals surface area contributed by atoms with Gasteiger partial charge in [-0.15, -0.1) is 0 Å². The summed E-state index contributed by atoms with van der Waals surface area (Å²) in [6.45, 7) is 13.3. The van der Waals surface area contributed by atoms with E-state index in [-0.39, 0.29) is 11.8 Å². The van der Waals surface area contributed by atoms with E-state index in [2.05, 4.69) is 175 Å². The Bertz CT molecular complexity index is 2750. The second-order valence-corrected chi connectivity index (χ2v) is 17.5. The van der Waals surface area contributed by atoms with Gasteiger partial charge in [0.1, 0.15) is 23.0 Å². The molecule has 0 N–H and O–H groups in total. The van der Waals surface area contributed by atoms with Gasteiger partial charge in [-0.1, -0.05) is 97.1 Å². The zero-order chi connectivity index (χ0) is 38.9. The van der Waals surface area contributed by atoms with Crippen molar-refractivity contribution in [2.45, 2.75) is 65.5 Å². The lowest BCUT2D eigenvalue weighted by Crippen LogP contribution is -2.08. The third-order valence-electron chi connectivity index (χ3n) is 12.8. The van der Waals surface area contributed by atoms with Gasteiger partial charge in [0, 0.05) is 32.5 Å². The van der Waals surface area contributed by atoms with E-state index < -0.39 is 0 Å². The Morgan fingerprint density at radius 1 is 0.474 bits per heavy atom. The van der Waals surface area contributed by atoms with E-state index in [1.165, 1.54) is 99.5 Å². The summed E-state index contributed by atoms with van der Waals surface area (Å²) in [6, 6.07) is 46.7. The quantitative estimate of drug-likeness (QED) is 0.144. The van der Waals surface area contributed by atoms with Gasteiger partial charge < -0.3 is 8.83 Å². The highest BCUT2D eigenvalue weighted by Gasteiger charge is 2.35. The molecule has 2 nitrogen and oxygen atoms in total. The number of furan rings is 2. The predicted molar refractivity (Wildman–Crippen MR) is 241 cm³/mol. The van der Waals surface area contributed by atoms with Crippen LogP contribution in [-0.4, -0.2) is 9.52 Å². The van der Waals surface area contributed by atoms with Crippen LogP contribution in [0.1, 0.15) is 79.4 Å². The molecule has 57 heavy (non-hydrogen) atoms. The number of fused-ring (bicyclic) bond motifs is 4. The molecule has 2 atom stereocenters. The first-order valence-electron chi connectivity index (χ1n) is 20.3. The fraction of sp³-hybridized carbons (Fsp3) is 0.185. The number of allylic oxidation sites excluding steroid dienone is 2. The lowest BCUT2D eigenvalue weighted by molar-refractivity contribution is 0.518. The molecule has 2 radical (unpaired) electrons. The molecule has 3 heteroatoms. The largest absolute Gasteiger partial charge is 0.462 e. The third kappa shape index (κ3) is 5.90. The van der Waals surface area contributed by atoms with Crippen molar-refractivity contribution in [1.82, 2.24) is 0 Å².